The number of methoxy groups -OCH3 is 1. The molecule has 3 aromatic carbocycles. The molecule has 3 aromatic rings. The molecule has 0 aromatic heterocycles. The van der Waals surface area contributed by atoms with Gasteiger partial charge in [0.05, 0.1) is 12.7 Å². The summed E-state index contributed by atoms with van der Waals surface area (Å²) in [6, 6.07) is 23.2. The molecule has 0 heterocycles. The molecule has 0 spiro atoms. The number of hydrogen-bond donors (Lipinski definition) is 0. The van der Waals surface area contributed by atoms with E-state index < -0.39 is 0 Å². The van der Waals surface area contributed by atoms with Crippen LogP contribution in [0.3, 0.4) is 0 Å². The van der Waals surface area contributed by atoms with Gasteiger partial charge in [0, 0.05) is 14.8 Å². The first-order chi connectivity index (χ1) is 12.7. The molecule has 130 valence electrons. The summed E-state index contributed by atoms with van der Waals surface area (Å²) in [6.07, 6.45) is 0. The van der Waals surface area contributed by atoms with Gasteiger partial charge in [0.15, 0.2) is 11.5 Å². The number of hydrogen-bond acceptors (Lipinski definition) is 4. The Morgan fingerprint density at radius 1 is 1.00 bits per heavy atom. The van der Waals surface area contributed by atoms with Gasteiger partial charge in [0.25, 0.3) is 0 Å². The van der Waals surface area contributed by atoms with E-state index in [9.17, 15) is 5.26 Å². The first-order valence-corrected chi connectivity index (χ1v) is 9.11. The van der Waals surface area contributed by atoms with Crippen LogP contribution in [0.5, 0.6) is 11.5 Å². The highest BCUT2D eigenvalue weighted by atomic mass is 35.5. The Bertz CT molecular complexity index is 938. The second-order valence-electron chi connectivity index (χ2n) is 5.44. The third-order valence-electron chi connectivity index (χ3n) is 3.66. The van der Waals surface area contributed by atoms with Crippen molar-refractivity contribution in [2.24, 2.45) is 0 Å². The van der Waals surface area contributed by atoms with Crippen LogP contribution in [0.2, 0.25) is 5.02 Å². The monoisotopic (exact) mass is 381 g/mol. The van der Waals surface area contributed by atoms with Crippen molar-refractivity contribution in [2.45, 2.75) is 16.4 Å². The molecule has 0 saturated carbocycles. The fourth-order valence-corrected chi connectivity index (χ4v) is 3.45. The molecule has 0 atom stereocenters. The van der Waals surface area contributed by atoms with E-state index in [0.717, 1.165) is 15.4 Å². The maximum atomic E-state index is 9.28. The Labute approximate surface area is 162 Å². The molecule has 0 aliphatic carbocycles. The van der Waals surface area contributed by atoms with Crippen LogP contribution in [0.4, 0.5) is 0 Å². The van der Waals surface area contributed by atoms with E-state index in [1.807, 2.05) is 54.6 Å². The molecule has 26 heavy (non-hydrogen) atoms. The standard InChI is InChI=1S/C21H16ClNO2S/c1-24-20-12-18(26-21-10-7-17(22)11-16(21)13-23)8-9-19(20)25-14-15-5-3-2-4-6-15/h2-12H,14H2,1H3. The number of ether oxygens (including phenoxy) is 2. The lowest BCUT2D eigenvalue weighted by molar-refractivity contribution is 0.284. The summed E-state index contributed by atoms with van der Waals surface area (Å²) in [5.41, 5.74) is 1.64. The molecule has 0 aliphatic heterocycles. The fourth-order valence-electron chi connectivity index (χ4n) is 2.37. The molecule has 5 heteroatoms. The minimum atomic E-state index is 0.472. The number of benzene rings is 3. The van der Waals surface area contributed by atoms with Gasteiger partial charge < -0.3 is 9.47 Å². The van der Waals surface area contributed by atoms with Crippen molar-refractivity contribution >= 4 is 23.4 Å². The maximum Gasteiger partial charge on any atom is 0.161 e. The predicted molar refractivity (Wildman–Crippen MR) is 104 cm³/mol. The van der Waals surface area contributed by atoms with Crippen LogP contribution >= 0.6 is 23.4 Å². The number of halogens is 1. The first-order valence-electron chi connectivity index (χ1n) is 7.92. The highest BCUT2D eigenvalue weighted by Gasteiger charge is 2.10. The predicted octanol–water partition coefficient (Wildman–Crippen LogP) is 5.95. The van der Waals surface area contributed by atoms with Gasteiger partial charge in [-0.25, -0.2) is 0 Å². The second-order valence-corrected chi connectivity index (χ2v) is 6.99. The highest BCUT2D eigenvalue weighted by molar-refractivity contribution is 7.99. The topological polar surface area (TPSA) is 42.2 Å². The van der Waals surface area contributed by atoms with Gasteiger partial charge >= 0.3 is 0 Å². The van der Waals surface area contributed by atoms with Crippen LogP contribution in [0, 0.1) is 11.3 Å². The molecular weight excluding hydrogens is 366 g/mol. The quantitative estimate of drug-likeness (QED) is 0.529. The third kappa shape index (κ3) is 4.51. The smallest absolute Gasteiger partial charge is 0.161 e. The van der Waals surface area contributed by atoms with E-state index in [4.69, 9.17) is 21.1 Å². The van der Waals surface area contributed by atoms with E-state index in [1.165, 1.54) is 11.8 Å². The van der Waals surface area contributed by atoms with E-state index in [1.54, 1.807) is 19.2 Å². The molecule has 0 saturated heterocycles. The molecule has 0 fully saturated rings. The zero-order valence-electron chi connectivity index (χ0n) is 14.1. The Kier molecular flexibility index (Phi) is 6.06. The molecule has 0 bridgehead atoms. The Morgan fingerprint density at radius 2 is 1.81 bits per heavy atom. The minimum Gasteiger partial charge on any atom is -0.493 e. The van der Waals surface area contributed by atoms with Gasteiger partial charge in [-0.15, -0.1) is 0 Å². The van der Waals surface area contributed by atoms with Crippen molar-refractivity contribution in [2.75, 3.05) is 7.11 Å². The molecule has 0 amide bonds. The summed E-state index contributed by atoms with van der Waals surface area (Å²) >= 11 is 7.44. The fraction of sp³-hybridized carbons (Fsp3) is 0.0952. The summed E-state index contributed by atoms with van der Waals surface area (Å²) in [6.45, 7) is 0.472. The minimum absolute atomic E-state index is 0.472. The maximum absolute atomic E-state index is 9.28. The van der Waals surface area contributed by atoms with Crippen molar-refractivity contribution in [1.29, 1.82) is 5.26 Å². The van der Waals surface area contributed by atoms with Crippen molar-refractivity contribution in [3.05, 3.63) is 82.9 Å². The van der Waals surface area contributed by atoms with Crippen LogP contribution in [0.1, 0.15) is 11.1 Å². The normalized spacial score (nSPS) is 10.2. The van der Waals surface area contributed by atoms with E-state index >= 15 is 0 Å². The van der Waals surface area contributed by atoms with Crippen LogP contribution in [-0.4, -0.2) is 7.11 Å². The van der Waals surface area contributed by atoms with Crippen molar-refractivity contribution in [3.63, 3.8) is 0 Å². The van der Waals surface area contributed by atoms with Gasteiger partial charge in [-0.1, -0.05) is 53.7 Å². The van der Waals surface area contributed by atoms with Crippen molar-refractivity contribution in [3.8, 4) is 17.6 Å². The zero-order chi connectivity index (χ0) is 18.4. The zero-order valence-corrected chi connectivity index (χ0v) is 15.7. The third-order valence-corrected chi connectivity index (χ3v) is 4.96. The molecule has 0 radical (unpaired) electrons. The van der Waals surface area contributed by atoms with Crippen LogP contribution in [0.15, 0.2) is 76.5 Å². The van der Waals surface area contributed by atoms with Gasteiger partial charge in [0.2, 0.25) is 0 Å². The lowest BCUT2D eigenvalue weighted by Crippen LogP contribution is -1.97. The van der Waals surface area contributed by atoms with E-state index in [2.05, 4.69) is 6.07 Å². The number of nitriles is 1. The lowest BCUT2D eigenvalue weighted by atomic mass is 10.2. The van der Waals surface area contributed by atoms with Gasteiger partial charge in [-0.2, -0.15) is 5.26 Å². The van der Waals surface area contributed by atoms with Crippen molar-refractivity contribution < 1.29 is 9.47 Å². The van der Waals surface area contributed by atoms with Crippen LogP contribution in [-0.2, 0) is 6.61 Å². The molecule has 3 nitrogen and oxygen atoms in total. The number of nitrogens with zero attached hydrogens (tertiary/aromatic N) is 1. The highest BCUT2D eigenvalue weighted by Crippen LogP contribution is 2.37. The summed E-state index contributed by atoms with van der Waals surface area (Å²) < 4.78 is 11.3. The number of rotatable bonds is 6. The largest absolute Gasteiger partial charge is 0.493 e. The van der Waals surface area contributed by atoms with Crippen LogP contribution in [0.25, 0.3) is 0 Å². The van der Waals surface area contributed by atoms with Gasteiger partial charge in [-0.3, -0.25) is 0 Å². The van der Waals surface area contributed by atoms with E-state index in [0.29, 0.717) is 28.7 Å². The Morgan fingerprint density at radius 3 is 2.54 bits per heavy atom. The van der Waals surface area contributed by atoms with Crippen LogP contribution < -0.4 is 9.47 Å². The lowest BCUT2D eigenvalue weighted by Gasteiger charge is -2.12. The SMILES string of the molecule is COc1cc(Sc2ccc(Cl)cc2C#N)ccc1OCc1ccccc1. The summed E-state index contributed by atoms with van der Waals surface area (Å²) in [5.74, 6) is 1.33. The average molecular weight is 382 g/mol. The molecule has 3 rings (SSSR count). The molecular formula is C21H16ClNO2S. The summed E-state index contributed by atoms with van der Waals surface area (Å²) in [7, 11) is 1.61. The van der Waals surface area contributed by atoms with E-state index in [-0.39, 0.29) is 0 Å². The molecule has 0 N–H and O–H groups in total. The summed E-state index contributed by atoms with van der Waals surface area (Å²) in [5, 5.41) is 9.83. The first kappa shape index (κ1) is 18.2. The summed E-state index contributed by atoms with van der Waals surface area (Å²) in [4.78, 5) is 1.80. The molecule has 0 aliphatic rings. The van der Waals surface area contributed by atoms with Gasteiger partial charge in [0.1, 0.15) is 12.7 Å². The Balaban J connectivity index is 1.77. The second kappa shape index (κ2) is 8.66. The molecule has 0 unspecified atom stereocenters. The van der Waals surface area contributed by atoms with Crippen molar-refractivity contribution in [1.82, 2.24) is 0 Å². The van der Waals surface area contributed by atoms with Gasteiger partial charge in [-0.05, 0) is 42.0 Å². The Hall–Kier alpha value is -2.61. The average Bonchev–Trinajstić information content (AvgIpc) is 2.69.